The van der Waals surface area contributed by atoms with Crippen LogP contribution in [0.25, 0.3) is 55.6 Å². The molecule has 0 spiro atoms. The molecule has 6 nitrogen and oxygen atoms in total. The lowest BCUT2D eigenvalue weighted by molar-refractivity contribution is 0.628. The smallest absolute Gasteiger partial charge is 0.123 e. The first-order valence-electron chi connectivity index (χ1n) is 12.6. The van der Waals surface area contributed by atoms with Crippen molar-refractivity contribution in [2.75, 3.05) is 5.32 Å². The van der Waals surface area contributed by atoms with Gasteiger partial charge in [0.15, 0.2) is 0 Å². The van der Waals surface area contributed by atoms with Gasteiger partial charge in [-0.2, -0.15) is 5.10 Å². The van der Waals surface area contributed by atoms with Crippen molar-refractivity contribution < 1.29 is 4.39 Å². The summed E-state index contributed by atoms with van der Waals surface area (Å²) in [7, 11) is 0. The van der Waals surface area contributed by atoms with E-state index in [4.69, 9.17) is 0 Å². The quantitative estimate of drug-likeness (QED) is 0.207. The molecule has 6 rings (SSSR count). The summed E-state index contributed by atoms with van der Waals surface area (Å²) in [5.41, 5.74) is 8.85. The van der Waals surface area contributed by atoms with Crippen molar-refractivity contribution in [3.8, 4) is 33.8 Å². The number of pyridine rings is 2. The summed E-state index contributed by atoms with van der Waals surface area (Å²) in [5.74, 6) is 0.235. The molecular weight excluding hydrogens is 475 g/mol. The predicted octanol–water partition coefficient (Wildman–Crippen LogP) is 7.95. The number of H-pyrrole nitrogens is 2. The number of hydrogen-bond donors (Lipinski definition) is 3. The number of benzene rings is 2. The molecule has 0 aliphatic rings. The summed E-state index contributed by atoms with van der Waals surface area (Å²) in [6.45, 7) is 8.49. The molecule has 0 saturated carbocycles. The Morgan fingerprint density at radius 2 is 1.79 bits per heavy atom. The minimum Gasteiger partial charge on any atom is -0.358 e. The van der Waals surface area contributed by atoms with Gasteiger partial charge in [-0.3, -0.25) is 15.1 Å². The Labute approximate surface area is 219 Å². The summed E-state index contributed by atoms with van der Waals surface area (Å²) in [5, 5.41) is 13.0. The van der Waals surface area contributed by atoms with E-state index in [2.05, 4.69) is 69.1 Å². The van der Waals surface area contributed by atoms with Crippen molar-refractivity contribution in [1.29, 1.82) is 0 Å². The van der Waals surface area contributed by atoms with Crippen molar-refractivity contribution in [3.05, 3.63) is 97.3 Å². The molecule has 0 fully saturated rings. The molecule has 4 heterocycles. The van der Waals surface area contributed by atoms with Crippen molar-refractivity contribution in [2.24, 2.45) is 5.92 Å². The SMILES string of the molecule is C=C(CC(C)C)Nc1cncc(-c2ccc3[nH]nc(-c4cc5c(-c6cccc(F)c6)nccc5[nH]4)c3c2)c1. The van der Waals surface area contributed by atoms with Crippen molar-refractivity contribution in [1.82, 2.24) is 25.1 Å². The maximum atomic E-state index is 13.9. The highest BCUT2D eigenvalue weighted by molar-refractivity contribution is 6.00. The number of rotatable bonds is 7. The molecule has 38 heavy (non-hydrogen) atoms. The molecule has 0 bridgehead atoms. The normalized spacial score (nSPS) is 11.5. The van der Waals surface area contributed by atoms with Gasteiger partial charge in [0.05, 0.1) is 28.8 Å². The summed E-state index contributed by atoms with van der Waals surface area (Å²) in [6, 6.07) is 18.7. The maximum Gasteiger partial charge on any atom is 0.123 e. The first kappa shape index (κ1) is 23.6. The number of nitrogens with one attached hydrogen (secondary N) is 3. The third kappa shape index (κ3) is 4.54. The highest BCUT2D eigenvalue weighted by atomic mass is 19.1. The monoisotopic (exact) mass is 502 g/mol. The number of nitrogens with zero attached hydrogens (tertiary/aromatic N) is 3. The molecule has 2 aromatic carbocycles. The number of halogens is 1. The Morgan fingerprint density at radius 1 is 0.921 bits per heavy atom. The largest absolute Gasteiger partial charge is 0.358 e. The van der Waals surface area contributed by atoms with E-state index in [0.717, 1.165) is 73.4 Å². The van der Waals surface area contributed by atoms with E-state index >= 15 is 0 Å². The molecule has 7 heteroatoms. The third-order valence-corrected chi connectivity index (χ3v) is 6.51. The van der Waals surface area contributed by atoms with Crippen LogP contribution in [0.15, 0.2) is 91.5 Å². The van der Waals surface area contributed by atoms with Gasteiger partial charge >= 0.3 is 0 Å². The zero-order chi connectivity index (χ0) is 26.2. The summed E-state index contributed by atoms with van der Waals surface area (Å²) in [6.07, 6.45) is 6.30. The molecule has 4 aromatic heterocycles. The maximum absolute atomic E-state index is 13.9. The van der Waals surface area contributed by atoms with Crippen LogP contribution in [-0.2, 0) is 0 Å². The molecule has 188 valence electrons. The number of aromatic nitrogens is 5. The van der Waals surface area contributed by atoms with Crippen LogP contribution in [0.3, 0.4) is 0 Å². The Kier molecular flexibility index (Phi) is 5.96. The summed E-state index contributed by atoms with van der Waals surface area (Å²) < 4.78 is 13.9. The molecule has 0 aliphatic carbocycles. The Balaban J connectivity index is 1.38. The standard InChI is InChI=1S/C31H27FN6/c1-18(2)11-19(3)35-24-13-22(16-33-17-24)20-7-8-28-25(14-20)31(38-37-28)29-15-26-27(36-29)9-10-34-30(26)21-5-4-6-23(32)12-21/h4-10,12-18,35-36H,3,11H2,1-2H3,(H,37,38). The second kappa shape index (κ2) is 9.59. The first-order valence-corrected chi connectivity index (χ1v) is 12.6. The number of allylic oxidation sites excluding steroid dienone is 1. The van der Waals surface area contributed by atoms with Gasteiger partial charge in [0, 0.05) is 45.5 Å². The van der Waals surface area contributed by atoms with E-state index in [1.807, 2.05) is 36.7 Å². The van der Waals surface area contributed by atoms with Crippen LogP contribution in [0.1, 0.15) is 20.3 Å². The minimum absolute atomic E-state index is 0.291. The molecule has 0 unspecified atom stereocenters. The van der Waals surface area contributed by atoms with Gasteiger partial charge in [0.2, 0.25) is 0 Å². The molecule has 6 aromatic rings. The Morgan fingerprint density at radius 3 is 2.63 bits per heavy atom. The van der Waals surface area contributed by atoms with Crippen LogP contribution in [0.5, 0.6) is 0 Å². The Bertz CT molecular complexity index is 1800. The van der Waals surface area contributed by atoms with Crippen molar-refractivity contribution in [3.63, 3.8) is 0 Å². The molecule has 3 N–H and O–H groups in total. The topological polar surface area (TPSA) is 82.3 Å². The van der Waals surface area contributed by atoms with Gasteiger partial charge in [0.1, 0.15) is 11.5 Å². The van der Waals surface area contributed by atoms with Crippen molar-refractivity contribution >= 4 is 27.5 Å². The van der Waals surface area contributed by atoms with Crippen LogP contribution in [-0.4, -0.2) is 25.1 Å². The summed E-state index contributed by atoms with van der Waals surface area (Å²) >= 11 is 0. The predicted molar refractivity (Wildman–Crippen MR) is 152 cm³/mol. The zero-order valence-corrected chi connectivity index (χ0v) is 21.2. The second-order valence-corrected chi connectivity index (χ2v) is 9.94. The zero-order valence-electron chi connectivity index (χ0n) is 21.2. The fraction of sp³-hybridized carbons (Fsp3) is 0.129. The number of fused-ring (bicyclic) bond motifs is 2. The number of hydrogen-bond acceptors (Lipinski definition) is 4. The lowest BCUT2D eigenvalue weighted by Gasteiger charge is -2.12. The van der Waals surface area contributed by atoms with Gasteiger partial charge in [-0.15, -0.1) is 0 Å². The molecular formula is C31H27FN6. The fourth-order valence-electron chi connectivity index (χ4n) is 4.86. The molecule has 0 saturated heterocycles. The van der Waals surface area contributed by atoms with Crippen LogP contribution in [0.2, 0.25) is 0 Å². The van der Waals surface area contributed by atoms with Gasteiger partial charge in [0.25, 0.3) is 0 Å². The van der Waals surface area contributed by atoms with E-state index in [9.17, 15) is 4.39 Å². The van der Waals surface area contributed by atoms with E-state index in [-0.39, 0.29) is 5.82 Å². The van der Waals surface area contributed by atoms with Crippen LogP contribution in [0.4, 0.5) is 10.1 Å². The highest BCUT2D eigenvalue weighted by Gasteiger charge is 2.15. The van der Waals surface area contributed by atoms with E-state index < -0.39 is 0 Å². The van der Waals surface area contributed by atoms with Gasteiger partial charge in [-0.25, -0.2) is 4.39 Å². The number of anilines is 1. The van der Waals surface area contributed by atoms with Crippen LogP contribution >= 0.6 is 0 Å². The van der Waals surface area contributed by atoms with Crippen molar-refractivity contribution in [2.45, 2.75) is 20.3 Å². The fourth-order valence-corrected chi connectivity index (χ4v) is 4.86. The lowest BCUT2D eigenvalue weighted by Crippen LogP contribution is -2.02. The average Bonchev–Trinajstić information content (AvgIpc) is 3.52. The van der Waals surface area contributed by atoms with E-state index in [1.165, 1.54) is 12.1 Å². The number of aromatic amines is 2. The molecule has 0 atom stereocenters. The highest BCUT2D eigenvalue weighted by Crippen LogP contribution is 2.35. The second-order valence-electron chi connectivity index (χ2n) is 9.94. The Hall–Kier alpha value is -4.78. The summed E-state index contributed by atoms with van der Waals surface area (Å²) in [4.78, 5) is 12.5. The molecule has 0 amide bonds. The van der Waals surface area contributed by atoms with E-state index in [1.54, 1.807) is 12.3 Å². The minimum atomic E-state index is -0.291. The average molecular weight is 503 g/mol. The van der Waals surface area contributed by atoms with Gasteiger partial charge < -0.3 is 10.3 Å². The van der Waals surface area contributed by atoms with Crippen LogP contribution in [0, 0.1) is 11.7 Å². The molecule has 0 radical (unpaired) electrons. The third-order valence-electron chi connectivity index (χ3n) is 6.51. The molecule has 0 aliphatic heterocycles. The van der Waals surface area contributed by atoms with Crippen LogP contribution < -0.4 is 5.32 Å². The first-order chi connectivity index (χ1) is 18.4. The lowest BCUT2D eigenvalue weighted by atomic mass is 10.0. The van der Waals surface area contributed by atoms with E-state index in [0.29, 0.717) is 5.92 Å². The van der Waals surface area contributed by atoms with Gasteiger partial charge in [-0.05, 0) is 60.4 Å². The van der Waals surface area contributed by atoms with Gasteiger partial charge in [-0.1, -0.05) is 38.6 Å².